The van der Waals surface area contributed by atoms with E-state index in [1.165, 1.54) is 11.1 Å². The Kier molecular flexibility index (Phi) is 6.85. The largest absolute Gasteiger partial charge is 0.331 e. The quantitative estimate of drug-likeness (QED) is 0.893. The van der Waals surface area contributed by atoms with E-state index in [4.69, 9.17) is 0 Å². The van der Waals surface area contributed by atoms with Crippen molar-refractivity contribution >= 4 is 24.2 Å². The number of nitrogens with zero attached hydrogens (tertiary/aromatic N) is 2. The summed E-state index contributed by atoms with van der Waals surface area (Å²) in [6, 6.07) is 8.32. The van der Waals surface area contributed by atoms with Crippen molar-refractivity contribution < 1.29 is 9.59 Å². The number of likely N-dealkylation sites (tertiary alicyclic amines) is 1. The van der Waals surface area contributed by atoms with Crippen molar-refractivity contribution in [2.75, 3.05) is 26.2 Å². The van der Waals surface area contributed by atoms with Gasteiger partial charge in [-0.05, 0) is 30.4 Å². The van der Waals surface area contributed by atoms with Crippen molar-refractivity contribution in [2.24, 2.45) is 0 Å². The smallest absolute Gasteiger partial charge is 0.245 e. The Morgan fingerprint density at radius 3 is 2.52 bits per heavy atom. The zero-order chi connectivity index (χ0) is 17.1. The van der Waals surface area contributed by atoms with Crippen LogP contribution in [-0.4, -0.2) is 53.8 Å². The highest BCUT2D eigenvalue weighted by Gasteiger charge is 2.38. The molecule has 5 nitrogen and oxygen atoms in total. The van der Waals surface area contributed by atoms with Crippen molar-refractivity contribution in [3.05, 3.63) is 35.4 Å². The van der Waals surface area contributed by atoms with E-state index in [-0.39, 0.29) is 36.3 Å². The highest BCUT2D eigenvalue weighted by molar-refractivity contribution is 5.88. The van der Waals surface area contributed by atoms with Crippen molar-refractivity contribution in [3.8, 4) is 0 Å². The predicted octanol–water partition coefficient (Wildman–Crippen LogP) is 2.15. The molecule has 2 saturated heterocycles. The van der Waals surface area contributed by atoms with Gasteiger partial charge in [-0.25, -0.2) is 0 Å². The Labute approximate surface area is 156 Å². The van der Waals surface area contributed by atoms with Gasteiger partial charge in [0.1, 0.15) is 6.04 Å². The monoisotopic (exact) mass is 365 g/mol. The number of rotatable bonds is 3. The minimum atomic E-state index is -0.280. The molecule has 0 aliphatic carbocycles. The van der Waals surface area contributed by atoms with Crippen LogP contribution in [0.15, 0.2) is 24.3 Å². The molecular weight excluding hydrogens is 338 g/mol. The first-order chi connectivity index (χ1) is 11.6. The molecule has 2 heterocycles. The number of carbonyl (C=O) groups excluding carboxylic acids is 2. The Balaban J connectivity index is 0.00000225. The van der Waals surface area contributed by atoms with Crippen LogP contribution in [0.2, 0.25) is 0 Å². The van der Waals surface area contributed by atoms with E-state index in [1.807, 2.05) is 4.90 Å². The van der Waals surface area contributed by atoms with Crippen molar-refractivity contribution in [1.82, 2.24) is 15.1 Å². The Morgan fingerprint density at radius 2 is 1.88 bits per heavy atom. The lowest BCUT2D eigenvalue weighted by Gasteiger charge is -2.39. The first-order valence-electron chi connectivity index (χ1n) is 8.99. The second-order valence-corrected chi connectivity index (χ2v) is 6.72. The zero-order valence-electron chi connectivity index (χ0n) is 15.0. The molecule has 25 heavy (non-hydrogen) atoms. The number of nitrogens with one attached hydrogen (secondary N) is 1. The zero-order valence-corrected chi connectivity index (χ0v) is 15.8. The van der Waals surface area contributed by atoms with Crippen LogP contribution in [0, 0.1) is 0 Å². The van der Waals surface area contributed by atoms with Gasteiger partial charge < -0.3 is 15.1 Å². The van der Waals surface area contributed by atoms with Crippen LogP contribution >= 0.6 is 12.4 Å². The molecule has 1 aromatic rings. The molecule has 138 valence electrons. The fourth-order valence-electron chi connectivity index (χ4n) is 3.83. The summed E-state index contributed by atoms with van der Waals surface area (Å²) in [5, 5.41) is 3.40. The number of carbonyl (C=O) groups is 2. The van der Waals surface area contributed by atoms with E-state index < -0.39 is 0 Å². The van der Waals surface area contributed by atoms with Gasteiger partial charge >= 0.3 is 0 Å². The van der Waals surface area contributed by atoms with Crippen LogP contribution in [0.1, 0.15) is 43.9 Å². The molecule has 3 rings (SSSR count). The topological polar surface area (TPSA) is 52.7 Å². The molecule has 2 aliphatic heterocycles. The van der Waals surface area contributed by atoms with Crippen LogP contribution in [0.3, 0.4) is 0 Å². The van der Waals surface area contributed by atoms with Gasteiger partial charge in [0, 0.05) is 33.1 Å². The molecule has 2 unspecified atom stereocenters. The number of hydrogen-bond donors (Lipinski definition) is 1. The normalized spacial score (nSPS) is 23.3. The van der Waals surface area contributed by atoms with Crippen LogP contribution < -0.4 is 5.32 Å². The second-order valence-electron chi connectivity index (χ2n) is 6.72. The molecule has 0 aromatic heterocycles. The van der Waals surface area contributed by atoms with Crippen LogP contribution in [-0.2, 0) is 16.0 Å². The number of amides is 2. The first-order valence-corrected chi connectivity index (χ1v) is 8.99. The summed E-state index contributed by atoms with van der Waals surface area (Å²) in [6.07, 6.45) is 2.71. The van der Waals surface area contributed by atoms with Crippen molar-refractivity contribution in [3.63, 3.8) is 0 Å². The molecule has 2 fully saturated rings. The number of halogens is 1. The molecule has 1 N–H and O–H groups in total. The molecule has 2 aliphatic rings. The highest BCUT2D eigenvalue weighted by Crippen LogP contribution is 2.27. The number of piperazine rings is 1. The van der Waals surface area contributed by atoms with Gasteiger partial charge in [0.25, 0.3) is 0 Å². The van der Waals surface area contributed by atoms with Crippen molar-refractivity contribution in [2.45, 2.75) is 45.2 Å². The van der Waals surface area contributed by atoms with Gasteiger partial charge in [-0.1, -0.05) is 31.2 Å². The molecule has 0 spiro atoms. The van der Waals surface area contributed by atoms with Gasteiger partial charge in [-0.15, -0.1) is 12.4 Å². The van der Waals surface area contributed by atoms with E-state index in [9.17, 15) is 9.59 Å². The predicted molar refractivity (Wildman–Crippen MR) is 101 cm³/mol. The van der Waals surface area contributed by atoms with Crippen LogP contribution in [0.4, 0.5) is 0 Å². The van der Waals surface area contributed by atoms with E-state index >= 15 is 0 Å². The Hall–Kier alpha value is -1.59. The highest BCUT2D eigenvalue weighted by atomic mass is 35.5. The Bertz CT molecular complexity index is 605. The second kappa shape index (κ2) is 8.68. The lowest BCUT2D eigenvalue weighted by atomic mass is 9.99. The number of benzene rings is 1. The number of hydrogen-bond acceptors (Lipinski definition) is 3. The van der Waals surface area contributed by atoms with E-state index in [0.717, 1.165) is 32.4 Å². The fourth-order valence-corrected chi connectivity index (χ4v) is 3.83. The van der Waals surface area contributed by atoms with Gasteiger partial charge in [0.2, 0.25) is 11.8 Å². The summed E-state index contributed by atoms with van der Waals surface area (Å²) in [5.41, 5.74) is 2.47. The molecule has 1 aromatic carbocycles. The fraction of sp³-hybridized carbons (Fsp3) is 0.579. The summed E-state index contributed by atoms with van der Waals surface area (Å²) in [6.45, 7) is 6.68. The summed E-state index contributed by atoms with van der Waals surface area (Å²) in [5.74, 6) is 0.110. The SMILES string of the molecule is CCc1ccc(C2CNCCN2C(=O)C2CCCN2C(C)=O)cc1.Cl. The molecule has 2 atom stereocenters. The summed E-state index contributed by atoms with van der Waals surface area (Å²) < 4.78 is 0. The molecule has 6 heteroatoms. The number of aryl methyl sites for hydroxylation is 1. The third-order valence-electron chi connectivity index (χ3n) is 5.24. The maximum absolute atomic E-state index is 13.1. The molecule has 0 saturated carbocycles. The lowest BCUT2D eigenvalue weighted by molar-refractivity contribution is -0.145. The minimum Gasteiger partial charge on any atom is -0.331 e. The van der Waals surface area contributed by atoms with E-state index in [0.29, 0.717) is 13.1 Å². The maximum atomic E-state index is 13.1. The molecular formula is C19H28ClN3O2. The standard InChI is InChI=1S/C19H27N3O2.ClH/c1-3-15-6-8-16(9-7-15)18-13-20-10-12-22(18)19(24)17-5-4-11-21(17)14(2)23;/h6-9,17-18,20H,3-5,10-13H2,1-2H3;1H. The molecule has 0 radical (unpaired) electrons. The maximum Gasteiger partial charge on any atom is 0.245 e. The summed E-state index contributed by atoms with van der Waals surface area (Å²) >= 11 is 0. The van der Waals surface area contributed by atoms with Gasteiger partial charge in [-0.2, -0.15) is 0 Å². The van der Waals surface area contributed by atoms with Crippen LogP contribution in [0.25, 0.3) is 0 Å². The van der Waals surface area contributed by atoms with Gasteiger partial charge in [0.15, 0.2) is 0 Å². The summed E-state index contributed by atoms with van der Waals surface area (Å²) in [7, 11) is 0. The molecule has 2 amide bonds. The average Bonchev–Trinajstić information content (AvgIpc) is 3.11. The average molecular weight is 366 g/mol. The third-order valence-corrected chi connectivity index (χ3v) is 5.24. The lowest BCUT2D eigenvalue weighted by Crippen LogP contribution is -2.54. The van der Waals surface area contributed by atoms with E-state index in [1.54, 1.807) is 11.8 Å². The third kappa shape index (κ3) is 4.15. The minimum absolute atomic E-state index is 0. The van der Waals surface area contributed by atoms with Crippen LogP contribution in [0.5, 0.6) is 0 Å². The molecule has 0 bridgehead atoms. The summed E-state index contributed by atoms with van der Waals surface area (Å²) in [4.78, 5) is 28.6. The van der Waals surface area contributed by atoms with Crippen molar-refractivity contribution in [1.29, 1.82) is 0 Å². The van der Waals surface area contributed by atoms with Gasteiger partial charge in [0.05, 0.1) is 6.04 Å². The first kappa shape index (κ1) is 19.7. The van der Waals surface area contributed by atoms with Gasteiger partial charge in [-0.3, -0.25) is 9.59 Å². The Morgan fingerprint density at radius 1 is 1.16 bits per heavy atom. The van der Waals surface area contributed by atoms with E-state index in [2.05, 4.69) is 36.5 Å².